The number of nitrogens with zero attached hydrogens (tertiary/aromatic N) is 1. The van der Waals surface area contributed by atoms with Crippen molar-refractivity contribution in [3.63, 3.8) is 0 Å². The SMILES string of the molecule is Cc1ccc(NC(=O)Nc2cc(-c3ccccc3C(=O)O)ccc2N(C)C2CCCC(F)(F)C2)cc1. The summed E-state index contributed by atoms with van der Waals surface area (Å²) in [6.07, 6.45) is 0.655. The second kappa shape index (κ2) is 10.4. The van der Waals surface area contributed by atoms with Gasteiger partial charge in [0.25, 0.3) is 0 Å². The fourth-order valence-corrected chi connectivity index (χ4v) is 4.63. The average Bonchev–Trinajstić information content (AvgIpc) is 2.84. The van der Waals surface area contributed by atoms with Crippen LogP contribution in [0.3, 0.4) is 0 Å². The highest BCUT2D eigenvalue weighted by Gasteiger charge is 2.38. The number of nitrogens with one attached hydrogen (secondary N) is 2. The lowest BCUT2D eigenvalue weighted by Gasteiger charge is -2.37. The Morgan fingerprint density at radius 3 is 2.44 bits per heavy atom. The summed E-state index contributed by atoms with van der Waals surface area (Å²) in [7, 11) is 1.75. The lowest BCUT2D eigenvalue weighted by molar-refractivity contribution is -0.0401. The molecule has 1 saturated carbocycles. The first kappa shape index (κ1) is 25.2. The summed E-state index contributed by atoms with van der Waals surface area (Å²) >= 11 is 0. The van der Waals surface area contributed by atoms with Crippen LogP contribution >= 0.6 is 0 Å². The fraction of sp³-hybridized carbons (Fsp3) is 0.286. The monoisotopic (exact) mass is 493 g/mol. The van der Waals surface area contributed by atoms with Crippen molar-refractivity contribution in [2.45, 2.75) is 44.6 Å². The Labute approximate surface area is 208 Å². The van der Waals surface area contributed by atoms with Crippen LogP contribution in [0, 0.1) is 6.92 Å². The van der Waals surface area contributed by atoms with E-state index < -0.39 is 24.0 Å². The number of urea groups is 1. The molecule has 3 aromatic carbocycles. The van der Waals surface area contributed by atoms with Crippen LogP contribution in [0.15, 0.2) is 66.7 Å². The van der Waals surface area contributed by atoms with Crippen molar-refractivity contribution in [1.29, 1.82) is 0 Å². The molecule has 1 aliphatic rings. The Morgan fingerprint density at radius 1 is 1.03 bits per heavy atom. The summed E-state index contributed by atoms with van der Waals surface area (Å²) in [6, 6.07) is 18.2. The third-order valence-corrected chi connectivity index (χ3v) is 6.56. The number of alkyl halides is 2. The van der Waals surface area contributed by atoms with Gasteiger partial charge in [-0.3, -0.25) is 0 Å². The molecular weight excluding hydrogens is 464 g/mol. The zero-order chi connectivity index (χ0) is 25.9. The number of hydrogen-bond acceptors (Lipinski definition) is 3. The summed E-state index contributed by atoms with van der Waals surface area (Å²) in [5.41, 5.74) is 3.84. The first-order chi connectivity index (χ1) is 17.1. The predicted octanol–water partition coefficient (Wildman–Crippen LogP) is 7.02. The van der Waals surface area contributed by atoms with Crippen LogP contribution < -0.4 is 15.5 Å². The van der Waals surface area contributed by atoms with Gasteiger partial charge in [-0.05, 0) is 61.2 Å². The number of halogens is 2. The molecule has 0 radical (unpaired) electrons. The molecule has 1 fully saturated rings. The van der Waals surface area contributed by atoms with Crippen LogP contribution in [-0.4, -0.2) is 36.1 Å². The largest absolute Gasteiger partial charge is 0.478 e. The van der Waals surface area contributed by atoms with E-state index >= 15 is 0 Å². The van der Waals surface area contributed by atoms with E-state index in [9.17, 15) is 23.5 Å². The summed E-state index contributed by atoms with van der Waals surface area (Å²) in [5, 5.41) is 15.3. The van der Waals surface area contributed by atoms with Crippen LogP contribution in [0.2, 0.25) is 0 Å². The molecule has 6 nitrogen and oxygen atoms in total. The lowest BCUT2D eigenvalue weighted by atomic mass is 9.90. The van der Waals surface area contributed by atoms with Gasteiger partial charge in [-0.2, -0.15) is 0 Å². The summed E-state index contributed by atoms with van der Waals surface area (Å²) in [4.78, 5) is 26.4. The van der Waals surface area contributed by atoms with Gasteiger partial charge in [0.15, 0.2) is 0 Å². The van der Waals surface area contributed by atoms with Crippen molar-refractivity contribution in [3.8, 4) is 11.1 Å². The molecule has 3 N–H and O–H groups in total. The molecule has 188 valence electrons. The maximum atomic E-state index is 14.2. The van der Waals surface area contributed by atoms with Gasteiger partial charge in [0.2, 0.25) is 5.92 Å². The Bertz CT molecular complexity index is 1260. The molecule has 0 heterocycles. The van der Waals surface area contributed by atoms with Crippen molar-refractivity contribution in [2.24, 2.45) is 0 Å². The van der Waals surface area contributed by atoms with E-state index in [1.807, 2.05) is 19.1 Å². The number of carbonyl (C=O) groups excluding carboxylic acids is 1. The minimum Gasteiger partial charge on any atom is -0.478 e. The highest BCUT2D eigenvalue weighted by atomic mass is 19.3. The normalized spacial score (nSPS) is 16.7. The Hall–Kier alpha value is -3.94. The molecule has 0 spiro atoms. The highest BCUT2D eigenvalue weighted by Crippen LogP contribution is 2.39. The van der Waals surface area contributed by atoms with Gasteiger partial charge in [0.1, 0.15) is 0 Å². The number of amides is 2. The van der Waals surface area contributed by atoms with Crippen molar-refractivity contribution in [1.82, 2.24) is 0 Å². The number of carboxylic acid groups (broad SMARTS) is 1. The summed E-state index contributed by atoms with van der Waals surface area (Å²) in [6.45, 7) is 1.95. The Balaban J connectivity index is 1.69. The third-order valence-electron chi connectivity index (χ3n) is 6.56. The molecule has 3 aromatic rings. The highest BCUT2D eigenvalue weighted by molar-refractivity contribution is 6.03. The van der Waals surface area contributed by atoms with E-state index in [4.69, 9.17) is 0 Å². The second-order valence-corrected chi connectivity index (χ2v) is 9.24. The summed E-state index contributed by atoms with van der Waals surface area (Å²) in [5.74, 6) is -3.80. The van der Waals surface area contributed by atoms with Crippen molar-refractivity contribution in [3.05, 3.63) is 77.9 Å². The number of aryl methyl sites for hydroxylation is 1. The fourth-order valence-electron chi connectivity index (χ4n) is 4.63. The Morgan fingerprint density at radius 2 is 1.75 bits per heavy atom. The second-order valence-electron chi connectivity index (χ2n) is 9.24. The number of aromatic carboxylic acids is 1. The number of carboxylic acids is 1. The molecule has 36 heavy (non-hydrogen) atoms. The molecule has 1 atom stereocenters. The van der Waals surface area contributed by atoms with E-state index in [1.165, 1.54) is 6.07 Å². The van der Waals surface area contributed by atoms with Gasteiger partial charge in [-0.25, -0.2) is 18.4 Å². The molecule has 1 aliphatic carbocycles. The maximum Gasteiger partial charge on any atom is 0.336 e. The van der Waals surface area contributed by atoms with Gasteiger partial charge < -0.3 is 20.6 Å². The van der Waals surface area contributed by atoms with Crippen LogP contribution in [0.4, 0.5) is 30.6 Å². The molecule has 2 amide bonds. The van der Waals surface area contributed by atoms with Crippen LogP contribution in [-0.2, 0) is 0 Å². The van der Waals surface area contributed by atoms with Gasteiger partial charge in [-0.1, -0.05) is 42.0 Å². The van der Waals surface area contributed by atoms with Crippen molar-refractivity contribution >= 4 is 29.1 Å². The van der Waals surface area contributed by atoms with Crippen molar-refractivity contribution < 1.29 is 23.5 Å². The van der Waals surface area contributed by atoms with Crippen LogP contribution in [0.5, 0.6) is 0 Å². The van der Waals surface area contributed by atoms with E-state index in [-0.39, 0.29) is 18.4 Å². The molecule has 1 unspecified atom stereocenters. The lowest BCUT2D eigenvalue weighted by Crippen LogP contribution is -2.40. The van der Waals surface area contributed by atoms with Gasteiger partial charge in [-0.15, -0.1) is 0 Å². The number of rotatable bonds is 6. The minimum absolute atomic E-state index is 0.119. The molecule has 0 aliphatic heterocycles. The van der Waals surface area contributed by atoms with Gasteiger partial charge >= 0.3 is 12.0 Å². The van der Waals surface area contributed by atoms with E-state index in [0.29, 0.717) is 41.0 Å². The Kier molecular flexibility index (Phi) is 7.24. The molecular formula is C28H29F2N3O3. The zero-order valence-corrected chi connectivity index (χ0v) is 20.2. The number of hydrogen-bond donors (Lipinski definition) is 3. The first-order valence-electron chi connectivity index (χ1n) is 11.8. The third kappa shape index (κ3) is 5.82. The molecule has 0 saturated heterocycles. The van der Waals surface area contributed by atoms with Gasteiger partial charge in [0, 0.05) is 31.6 Å². The topological polar surface area (TPSA) is 81.7 Å². The number of carbonyl (C=O) groups is 2. The molecule has 8 heteroatoms. The quantitative estimate of drug-likeness (QED) is 0.345. The first-order valence-corrected chi connectivity index (χ1v) is 11.8. The zero-order valence-electron chi connectivity index (χ0n) is 20.2. The number of anilines is 3. The van der Waals surface area contributed by atoms with E-state index in [0.717, 1.165) is 5.56 Å². The van der Waals surface area contributed by atoms with Crippen molar-refractivity contribution in [2.75, 3.05) is 22.6 Å². The maximum absolute atomic E-state index is 14.2. The molecule has 4 rings (SSSR count). The summed E-state index contributed by atoms with van der Waals surface area (Å²) < 4.78 is 28.3. The molecule has 0 bridgehead atoms. The minimum atomic E-state index is -2.73. The predicted molar refractivity (Wildman–Crippen MR) is 138 cm³/mol. The van der Waals surface area contributed by atoms with Crippen LogP contribution in [0.1, 0.15) is 41.6 Å². The van der Waals surface area contributed by atoms with E-state index in [2.05, 4.69) is 10.6 Å². The molecule has 0 aromatic heterocycles. The van der Waals surface area contributed by atoms with Crippen LogP contribution in [0.25, 0.3) is 11.1 Å². The van der Waals surface area contributed by atoms with Gasteiger partial charge in [0.05, 0.1) is 16.9 Å². The van der Waals surface area contributed by atoms with E-state index in [1.54, 1.807) is 60.5 Å². The number of benzene rings is 3. The smallest absolute Gasteiger partial charge is 0.336 e. The standard InChI is InChI=1S/C28H29F2N3O3/c1-18-9-12-20(13-10-18)31-27(36)32-24-16-19(22-7-3-4-8-23(22)26(34)35)11-14-25(24)33(2)21-6-5-15-28(29,30)17-21/h3-4,7-14,16,21H,5-6,15,17H2,1-2H3,(H,34,35)(H2,31,32,36). The average molecular weight is 494 g/mol.